The van der Waals surface area contributed by atoms with Crippen molar-refractivity contribution in [1.29, 1.82) is 0 Å². The minimum Gasteiger partial charge on any atom is -0.482 e. The number of anilines is 1. The summed E-state index contributed by atoms with van der Waals surface area (Å²) in [7, 11) is 0. The quantitative estimate of drug-likeness (QED) is 0.757. The molecular weight excluding hydrogens is 360 g/mol. The monoisotopic (exact) mass is 388 g/mol. The highest BCUT2D eigenvalue weighted by molar-refractivity contribution is 5.98. The molecule has 3 atom stereocenters. The van der Waals surface area contributed by atoms with E-state index in [0.717, 1.165) is 19.3 Å². The molecule has 1 heterocycles. The molecule has 2 aliphatic rings. The van der Waals surface area contributed by atoms with Crippen molar-refractivity contribution < 1.29 is 23.9 Å². The summed E-state index contributed by atoms with van der Waals surface area (Å²) >= 11 is 0. The molecule has 0 spiro atoms. The Hall–Kier alpha value is -2.57. The molecule has 1 aromatic rings. The van der Waals surface area contributed by atoms with Crippen LogP contribution in [0.15, 0.2) is 24.3 Å². The zero-order valence-electron chi connectivity index (χ0n) is 16.5. The summed E-state index contributed by atoms with van der Waals surface area (Å²) in [6, 6.07) is 7.34. The normalized spacial score (nSPS) is 22.6. The van der Waals surface area contributed by atoms with Crippen molar-refractivity contribution in [2.45, 2.75) is 58.1 Å². The number of rotatable bonds is 6. The largest absolute Gasteiger partial charge is 0.482 e. The number of amides is 2. The first-order valence-electron chi connectivity index (χ1n) is 9.97. The molecule has 1 aliphatic heterocycles. The summed E-state index contributed by atoms with van der Waals surface area (Å²) in [5, 5.41) is 3.00. The minimum atomic E-state index is -0.852. The second-order valence-electron chi connectivity index (χ2n) is 7.56. The van der Waals surface area contributed by atoms with Crippen LogP contribution in [0, 0.1) is 5.92 Å². The molecule has 1 saturated carbocycles. The summed E-state index contributed by atoms with van der Waals surface area (Å²) in [6.07, 6.45) is 3.53. The van der Waals surface area contributed by atoms with Gasteiger partial charge in [-0.15, -0.1) is 0 Å². The lowest BCUT2D eigenvalue weighted by molar-refractivity contribution is -0.155. The number of para-hydroxylation sites is 2. The molecule has 0 bridgehead atoms. The topological polar surface area (TPSA) is 84.9 Å². The molecule has 152 valence electrons. The van der Waals surface area contributed by atoms with E-state index in [2.05, 4.69) is 12.2 Å². The predicted molar refractivity (Wildman–Crippen MR) is 104 cm³/mol. The Balaban J connectivity index is 1.49. The number of nitrogens with zero attached hydrogens (tertiary/aromatic N) is 1. The molecular formula is C21H28N2O5. The van der Waals surface area contributed by atoms with Crippen LogP contribution in [0.4, 0.5) is 5.69 Å². The fourth-order valence-corrected chi connectivity index (χ4v) is 3.74. The Bertz CT molecular complexity index is 735. The number of hydrogen-bond acceptors (Lipinski definition) is 5. The van der Waals surface area contributed by atoms with E-state index < -0.39 is 12.1 Å². The molecule has 0 saturated heterocycles. The van der Waals surface area contributed by atoms with Gasteiger partial charge in [0.15, 0.2) is 12.7 Å². The van der Waals surface area contributed by atoms with Crippen molar-refractivity contribution >= 4 is 23.5 Å². The van der Waals surface area contributed by atoms with Gasteiger partial charge in [0, 0.05) is 12.6 Å². The van der Waals surface area contributed by atoms with E-state index >= 15 is 0 Å². The first-order chi connectivity index (χ1) is 13.5. The number of carbonyl (C=O) groups excluding carboxylic acids is 3. The lowest BCUT2D eigenvalue weighted by atomic mass is 9.86. The molecule has 1 aliphatic carbocycles. The zero-order chi connectivity index (χ0) is 20.1. The molecule has 0 aromatic heterocycles. The highest BCUT2D eigenvalue weighted by Gasteiger charge is 2.28. The maximum atomic E-state index is 12.3. The van der Waals surface area contributed by atoms with Crippen LogP contribution in [0.2, 0.25) is 0 Å². The average Bonchev–Trinajstić information content (AvgIpc) is 2.69. The van der Waals surface area contributed by atoms with E-state index in [-0.39, 0.29) is 37.4 Å². The van der Waals surface area contributed by atoms with Gasteiger partial charge in [0.2, 0.25) is 0 Å². The Morgan fingerprint density at radius 1 is 1.29 bits per heavy atom. The Kier molecular flexibility index (Phi) is 6.54. The SMILES string of the molecule is C[C@@H]1CCCC[C@@H]1NC(=O)[C@@H](C)OC(=O)CCN1C(=O)COc2ccccc21. The number of esters is 1. The Morgan fingerprint density at radius 3 is 2.82 bits per heavy atom. The summed E-state index contributed by atoms with van der Waals surface area (Å²) in [5.41, 5.74) is 0.642. The van der Waals surface area contributed by atoms with Crippen molar-refractivity contribution in [3.8, 4) is 5.75 Å². The highest BCUT2D eigenvalue weighted by Crippen LogP contribution is 2.31. The van der Waals surface area contributed by atoms with Gasteiger partial charge in [-0.25, -0.2) is 0 Å². The number of carbonyl (C=O) groups is 3. The van der Waals surface area contributed by atoms with Gasteiger partial charge in [0.1, 0.15) is 5.75 Å². The predicted octanol–water partition coefficient (Wildman–Crippen LogP) is 2.43. The third-order valence-electron chi connectivity index (χ3n) is 5.46. The number of hydrogen-bond donors (Lipinski definition) is 1. The number of fused-ring (bicyclic) bond motifs is 1. The lowest BCUT2D eigenvalue weighted by Crippen LogP contribution is -2.46. The van der Waals surface area contributed by atoms with Crippen LogP contribution in [0.5, 0.6) is 5.75 Å². The summed E-state index contributed by atoms with van der Waals surface area (Å²) in [6.45, 7) is 3.85. The van der Waals surface area contributed by atoms with E-state index in [1.54, 1.807) is 19.1 Å². The molecule has 1 N–H and O–H groups in total. The molecule has 1 aromatic carbocycles. The molecule has 0 unspecified atom stereocenters. The van der Waals surface area contributed by atoms with Crippen molar-refractivity contribution in [2.75, 3.05) is 18.1 Å². The summed E-state index contributed by atoms with van der Waals surface area (Å²) in [5.74, 6) is 0.0809. The fraction of sp³-hybridized carbons (Fsp3) is 0.571. The third kappa shape index (κ3) is 4.82. The van der Waals surface area contributed by atoms with Gasteiger partial charge in [0.05, 0.1) is 12.1 Å². The first kappa shape index (κ1) is 20.2. The van der Waals surface area contributed by atoms with E-state index in [1.165, 1.54) is 11.3 Å². The van der Waals surface area contributed by atoms with Gasteiger partial charge in [0.25, 0.3) is 11.8 Å². The summed E-state index contributed by atoms with van der Waals surface area (Å²) in [4.78, 5) is 38.2. The molecule has 28 heavy (non-hydrogen) atoms. The summed E-state index contributed by atoms with van der Waals surface area (Å²) < 4.78 is 10.7. The molecule has 3 rings (SSSR count). The van der Waals surface area contributed by atoms with Crippen LogP contribution in [-0.2, 0) is 19.1 Å². The Morgan fingerprint density at radius 2 is 2.04 bits per heavy atom. The number of ether oxygens (including phenoxy) is 2. The van der Waals surface area contributed by atoms with Gasteiger partial charge in [-0.1, -0.05) is 31.9 Å². The van der Waals surface area contributed by atoms with Crippen molar-refractivity contribution in [2.24, 2.45) is 5.92 Å². The first-order valence-corrected chi connectivity index (χ1v) is 9.97. The van der Waals surface area contributed by atoms with Gasteiger partial charge in [-0.05, 0) is 37.8 Å². The van der Waals surface area contributed by atoms with Gasteiger partial charge < -0.3 is 19.7 Å². The Labute approximate surface area is 165 Å². The molecule has 0 radical (unpaired) electrons. The average molecular weight is 388 g/mol. The smallest absolute Gasteiger partial charge is 0.308 e. The van der Waals surface area contributed by atoms with Gasteiger partial charge in [-0.3, -0.25) is 14.4 Å². The van der Waals surface area contributed by atoms with Crippen LogP contribution in [0.1, 0.15) is 46.0 Å². The highest BCUT2D eigenvalue weighted by atomic mass is 16.5. The van der Waals surface area contributed by atoms with Crippen molar-refractivity contribution in [1.82, 2.24) is 5.32 Å². The maximum absolute atomic E-state index is 12.3. The van der Waals surface area contributed by atoms with E-state index in [4.69, 9.17) is 9.47 Å². The van der Waals surface area contributed by atoms with Crippen LogP contribution in [0.25, 0.3) is 0 Å². The van der Waals surface area contributed by atoms with Crippen LogP contribution >= 0.6 is 0 Å². The molecule has 7 heteroatoms. The molecule has 2 amide bonds. The fourth-order valence-electron chi connectivity index (χ4n) is 3.74. The second kappa shape index (κ2) is 9.08. The number of nitrogens with one attached hydrogen (secondary N) is 1. The lowest BCUT2D eigenvalue weighted by Gasteiger charge is -2.30. The van der Waals surface area contributed by atoms with E-state index in [1.807, 2.05) is 12.1 Å². The van der Waals surface area contributed by atoms with Crippen molar-refractivity contribution in [3.05, 3.63) is 24.3 Å². The van der Waals surface area contributed by atoms with E-state index in [0.29, 0.717) is 17.4 Å². The zero-order valence-corrected chi connectivity index (χ0v) is 16.5. The van der Waals surface area contributed by atoms with Crippen molar-refractivity contribution in [3.63, 3.8) is 0 Å². The standard InChI is InChI=1S/C21H28N2O5/c1-14-7-3-4-8-16(14)22-21(26)15(2)28-20(25)11-12-23-17-9-5-6-10-18(17)27-13-19(23)24/h5-6,9-10,14-16H,3-4,7-8,11-13H2,1-2H3,(H,22,26)/t14-,15-,16+/m1/s1. The van der Waals surface area contributed by atoms with Crippen LogP contribution < -0.4 is 15.0 Å². The molecule has 1 fully saturated rings. The third-order valence-corrected chi connectivity index (χ3v) is 5.46. The van der Waals surface area contributed by atoms with Gasteiger partial charge >= 0.3 is 5.97 Å². The molecule has 7 nitrogen and oxygen atoms in total. The van der Waals surface area contributed by atoms with Crippen LogP contribution in [-0.4, -0.2) is 43.1 Å². The number of benzene rings is 1. The second-order valence-corrected chi connectivity index (χ2v) is 7.56. The maximum Gasteiger partial charge on any atom is 0.308 e. The minimum absolute atomic E-state index is 0.0114. The van der Waals surface area contributed by atoms with Gasteiger partial charge in [-0.2, -0.15) is 0 Å². The van der Waals surface area contributed by atoms with Crippen LogP contribution in [0.3, 0.4) is 0 Å². The van der Waals surface area contributed by atoms with E-state index in [9.17, 15) is 14.4 Å².